The Morgan fingerprint density at radius 1 is 1.03 bits per heavy atom. The number of nitrogens with zero attached hydrogens (tertiary/aromatic N) is 4. The van der Waals surface area contributed by atoms with Gasteiger partial charge in [0.2, 0.25) is 0 Å². The predicted molar refractivity (Wildman–Crippen MR) is 117 cm³/mol. The minimum absolute atomic E-state index is 0.0947. The minimum atomic E-state index is -1.01. The number of hydrogen-bond acceptors (Lipinski definition) is 4. The van der Waals surface area contributed by atoms with Gasteiger partial charge in [0.1, 0.15) is 0 Å². The second-order valence-corrected chi connectivity index (χ2v) is 7.88. The second kappa shape index (κ2) is 8.22. The zero-order valence-electron chi connectivity index (χ0n) is 17.5. The van der Waals surface area contributed by atoms with Gasteiger partial charge in [0, 0.05) is 44.4 Å². The van der Waals surface area contributed by atoms with E-state index < -0.39 is 5.97 Å². The highest BCUT2D eigenvalue weighted by Crippen LogP contribution is 2.25. The maximum absolute atomic E-state index is 13.0. The van der Waals surface area contributed by atoms with Crippen molar-refractivity contribution in [3.8, 4) is 0 Å². The molecule has 0 atom stereocenters. The van der Waals surface area contributed by atoms with Crippen molar-refractivity contribution in [1.29, 1.82) is 0 Å². The first-order valence-electron chi connectivity index (χ1n) is 10.2. The largest absolute Gasteiger partial charge is 0.478 e. The molecular weight excluding hydrogens is 396 g/mol. The van der Waals surface area contributed by atoms with E-state index in [-0.39, 0.29) is 23.3 Å². The van der Waals surface area contributed by atoms with Gasteiger partial charge in [-0.1, -0.05) is 0 Å². The number of Topliss-reactive ketones (excluding diaryl/α,β-unsaturated/α-hetero) is 1. The Labute approximate surface area is 179 Å². The molecule has 1 N–H and O–H groups in total. The van der Waals surface area contributed by atoms with Crippen LogP contribution in [-0.2, 0) is 7.05 Å². The Kier molecular flexibility index (Phi) is 5.46. The lowest BCUT2D eigenvalue weighted by Gasteiger charge is -2.34. The molecule has 4 rings (SSSR count). The van der Waals surface area contributed by atoms with Crippen molar-refractivity contribution in [3.63, 3.8) is 0 Å². The number of aryl methyl sites for hydroxylation is 1. The molecule has 160 valence electrons. The molecule has 0 radical (unpaired) electrons. The monoisotopic (exact) mass is 420 g/mol. The first kappa shape index (κ1) is 20.6. The summed E-state index contributed by atoms with van der Waals surface area (Å²) < 4.78 is 1.92. The van der Waals surface area contributed by atoms with Crippen LogP contribution in [0, 0.1) is 5.92 Å². The van der Waals surface area contributed by atoms with Crippen molar-refractivity contribution in [1.82, 2.24) is 14.5 Å². The molecule has 0 unspecified atom stereocenters. The van der Waals surface area contributed by atoms with E-state index in [0.717, 1.165) is 11.0 Å². The number of piperidine rings is 1. The van der Waals surface area contributed by atoms with Crippen LogP contribution in [0.25, 0.3) is 11.0 Å². The van der Waals surface area contributed by atoms with E-state index in [1.807, 2.05) is 29.8 Å². The molecular formula is C23H24N4O4. The molecule has 1 saturated heterocycles. The number of ketones is 1. The van der Waals surface area contributed by atoms with Gasteiger partial charge in [-0.3, -0.25) is 9.69 Å². The van der Waals surface area contributed by atoms with E-state index in [4.69, 9.17) is 5.11 Å². The van der Waals surface area contributed by atoms with Crippen molar-refractivity contribution in [2.45, 2.75) is 12.8 Å². The number of aromatic carboxylic acids is 1. The average molecular weight is 420 g/mol. The van der Waals surface area contributed by atoms with Crippen LogP contribution >= 0.6 is 0 Å². The van der Waals surface area contributed by atoms with Crippen molar-refractivity contribution < 1.29 is 19.5 Å². The number of amides is 2. The molecule has 8 heteroatoms. The van der Waals surface area contributed by atoms with Crippen LogP contribution in [-0.4, -0.2) is 57.5 Å². The first-order chi connectivity index (χ1) is 14.8. The molecule has 0 saturated carbocycles. The number of anilines is 1. The van der Waals surface area contributed by atoms with Crippen LogP contribution in [0.15, 0.2) is 48.8 Å². The number of likely N-dealkylation sites (tertiary alicyclic amines) is 1. The summed E-state index contributed by atoms with van der Waals surface area (Å²) in [6.07, 6.45) is 2.95. The normalized spacial score (nSPS) is 14.6. The standard InChI is InChI=1S/C23H24N4O4/c1-25-14-24-19-13-17(5-8-20(19)25)21(28)15-9-11-27(12-10-15)23(31)26(2)18-6-3-16(4-7-18)22(29)30/h3-8,13-15H,9-12H2,1-2H3,(H,29,30). The Morgan fingerprint density at radius 2 is 1.68 bits per heavy atom. The number of carbonyl (C=O) groups excluding carboxylic acids is 2. The smallest absolute Gasteiger partial charge is 0.335 e. The highest BCUT2D eigenvalue weighted by atomic mass is 16.4. The molecule has 0 bridgehead atoms. The second-order valence-electron chi connectivity index (χ2n) is 7.88. The van der Waals surface area contributed by atoms with E-state index in [1.54, 1.807) is 30.4 Å². The number of carboxylic acids is 1. The summed E-state index contributed by atoms with van der Waals surface area (Å²) >= 11 is 0. The Morgan fingerprint density at radius 3 is 2.32 bits per heavy atom. The zero-order valence-corrected chi connectivity index (χ0v) is 17.5. The number of rotatable bonds is 4. The summed E-state index contributed by atoms with van der Waals surface area (Å²) in [4.78, 5) is 44.4. The molecule has 2 heterocycles. The van der Waals surface area contributed by atoms with Gasteiger partial charge < -0.3 is 14.6 Å². The average Bonchev–Trinajstić information content (AvgIpc) is 3.17. The molecule has 31 heavy (non-hydrogen) atoms. The van der Waals surface area contributed by atoms with Crippen LogP contribution in [0.1, 0.15) is 33.6 Å². The van der Waals surface area contributed by atoms with Gasteiger partial charge in [-0.15, -0.1) is 0 Å². The van der Waals surface area contributed by atoms with Gasteiger partial charge in [0.05, 0.1) is 22.9 Å². The van der Waals surface area contributed by atoms with E-state index in [0.29, 0.717) is 37.2 Å². The number of benzene rings is 2. The fourth-order valence-electron chi connectivity index (χ4n) is 4.01. The van der Waals surface area contributed by atoms with Gasteiger partial charge in [0.15, 0.2) is 5.78 Å². The zero-order chi connectivity index (χ0) is 22.1. The van der Waals surface area contributed by atoms with Crippen LogP contribution in [0.3, 0.4) is 0 Å². The van der Waals surface area contributed by atoms with Crippen molar-refractivity contribution in [2.75, 3.05) is 25.0 Å². The molecule has 1 fully saturated rings. The van der Waals surface area contributed by atoms with Crippen molar-refractivity contribution in [2.24, 2.45) is 13.0 Å². The molecule has 1 aliphatic rings. The van der Waals surface area contributed by atoms with Crippen LogP contribution in [0.4, 0.5) is 10.5 Å². The number of carboxylic acid groups (broad SMARTS) is 1. The molecule has 3 aromatic rings. The third kappa shape index (κ3) is 4.01. The third-order valence-electron chi connectivity index (χ3n) is 5.93. The maximum Gasteiger partial charge on any atom is 0.335 e. The molecule has 2 aromatic carbocycles. The number of aromatic nitrogens is 2. The minimum Gasteiger partial charge on any atom is -0.478 e. The van der Waals surface area contributed by atoms with E-state index in [9.17, 15) is 14.4 Å². The summed E-state index contributed by atoms with van der Waals surface area (Å²) in [5.41, 5.74) is 3.24. The van der Waals surface area contributed by atoms with E-state index in [1.165, 1.54) is 17.0 Å². The van der Waals surface area contributed by atoms with E-state index in [2.05, 4.69) is 4.98 Å². The van der Waals surface area contributed by atoms with Crippen molar-refractivity contribution >= 4 is 34.5 Å². The summed E-state index contributed by atoms with van der Waals surface area (Å²) in [5, 5.41) is 9.01. The number of urea groups is 1. The Bertz CT molecular complexity index is 1140. The fourth-order valence-corrected chi connectivity index (χ4v) is 4.01. The highest BCUT2D eigenvalue weighted by molar-refractivity contribution is 6.00. The quantitative estimate of drug-likeness (QED) is 0.653. The number of carbonyl (C=O) groups is 3. The number of hydrogen-bond donors (Lipinski definition) is 1. The van der Waals surface area contributed by atoms with Gasteiger partial charge in [-0.2, -0.15) is 0 Å². The molecule has 8 nitrogen and oxygen atoms in total. The van der Waals surface area contributed by atoms with Gasteiger partial charge in [-0.25, -0.2) is 14.6 Å². The van der Waals surface area contributed by atoms with Crippen LogP contribution < -0.4 is 4.90 Å². The number of fused-ring (bicyclic) bond motifs is 1. The maximum atomic E-state index is 13.0. The van der Waals surface area contributed by atoms with Crippen LogP contribution in [0.2, 0.25) is 0 Å². The van der Waals surface area contributed by atoms with Crippen LogP contribution in [0.5, 0.6) is 0 Å². The first-order valence-corrected chi connectivity index (χ1v) is 10.2. The van der Waals surface area contributed by atoms with Gasteiger partial charge in [-0.05, 0) is 55.3 Å². The summed E-state index contributed by atoms with van der Waals surface area (Å²) in [6.45, 7) is 0.997. The van der Waals surface area contributed by atoms with Crippen molar-refractivity contribution in [3.05, 3.63) is 59.9 Å². The molecule has 1 aliphatic heterocycles. The lowest BCUT2D eigenvalue weighted by Crippen LogP contribution is -2.46. The predicted octanol–water partition coefficient (Wildman–Crippen LogP) is 3.42. The summed E-state index contributed by atoms with van der Waals surface area (Å²) in [7, 11) is 3.58. The number of imidazole rings is 1. The van der Waals surface area contributed by atoms with Gasteiger partial charge in [0.25, 0.3) is 0 Å². The summed E-state index contributed by atoms with van der Waals surface area (Å²) in [5.74, 6) is -1.03. The molecule has 0 spiro atoms. The molecule has 1 aromatic heterocycles. The lowest BCUT2D eigenvalue weighted by molar-refractivity contribution is 0.0696. The highest BCUT2D eigenvalue weighted by Gasteiger charge is 2.29. The third-order valence-corrected chi connectivity index (χ3v) is 5.93. The molecule has 2 amide bonds. The SMILES string of the molecule is CN(C(=O)N1CCC(C(=O)c2ccc3c(c2)ncn3C)CC1)c1ccc(C(=O)O)cc1. The molecule has 0 aliphatic carbocycles. The lowest BCUT2D eigenvalue weighted by atomic mass is 9.89. The Balaban J connectivity index is 1.38. The van der Waals surface area contributed by atoms with E-state index >= 15 is 0 Å². The fraction of sp³-hybridized carbons (Fsp3) is 0.304. The Hall–Kier alpha value is -3.68. The van der Waals surface area contributed by atoms with Gasteiger partial charge >= 0.3 is 12.0 Å². The topological polar surface area (TPSA) is 95.7 Å². The summed E-state index contributed by atoms with van der Waals surface area (Å²) in [6, 6.07) is 11.6.